The van der Waals surface area contributed by atoms with Gasteiger partial charge in [0.1, 0.15) is 21.4 Å². The van der Waals surface area contributed by atoms with Gasteiger partial charge in [-0.3, -0.25) is 4.79 Å². The van der Waals surface area contributed by atoms with Crippen LogP contribution < -0.4 is 5.32 Å². The molecule has 2 aromatic rings. The molecule has 1 aliphatic heterocycles. The number of hydrogen-bond donors (Lipinski definition) is 1. The molecule has 0 atom stereocenters. The van der Waals surface area contributed by atoms with Crippen molar-refractivity contribution in [2.24, 2.45) is 0 Å². The van der Waals surface area contributed by atoms with Crippen LogP contribution in [-0.4, -0.2) is 31.9 Å². The lowest BCUT2D eigenvalue weighted by Crippen LogP contribution is -2.40. The third-order valence-corrected chi connectivity index (χ3v) is 6.52. The average molecular weight is 339 g/mol. The van der Waals surface area contributed by atoms with E-state index in [4.69, 9.17) is 4.42 Å². The fourth-order valence-corrected chi connectivity index (χ4v) is 4.81. The third-order valence-electron chi connectivity index (χ3n) is 3.70. The lowest BCUT2D eigenvalue weighted by atomic mass is 10.1. The zero-order valence-electron chi connectivity index (χ0n) is 12.2. The second kappa shape index (κ2) is 5.89. The summed E-state index contributed by atoms with van der Waals surface area (Å²) in [6, 6.07) is 7.34. The molecule has 0 aliphatic carbocycles. The standard InChI is InChI=1S/C15H17NO4S2/c1-10-2-3-12(20-10)13-4-5-14(21-13)15(17)16-11-6-8-22(18,19)9-7-11/h2-5,11H,6-9H2,1H3,(H,16,17). The minimum atomic E-state index is -2.91. The molecule has 3 heterocycles. The van der Waals surface area contributed by atoms with Gasteiger partial charge in [0, 0.05) is 6.04 Å². The van der Waals surface area contributed by atoms with Crippen molar-refractivity contribution in [1.82, 2.24) is 5.32 Å². The first-order valence-corrected chi connectivity index (χ1v) is 9.75. The summed E-state index contributed by atoms with van der Waals surface area (Å²) in [6.07, 6.45) is 0.980. The Morgan fingerprint density at radius 2 is 1.95 bits per heavy atom. The topological polar surface area (TPSA) is 76.4 Å². The van der Waals surface area contributed by atoms with Crippen LogP contribution in [0.25, 0.3) is 10.6 Å². The van der Waals surface area contributed by atoms with E-state index in [0.29, 0.717) is 17.7 Å². The van der Waals surface area contributed by atoms with Crippen molar-refractivity contribution >= 4 is 27.1 Å². The summed E-state index contributed by atoms with van der Waals surface area (Å²) in [5, 5.41) is 2.92. The van der Waals surface area contributed by atoms with Crippen LogP contribution in [0.4, 0.5) is 0 Å². The highest BCUT2D eigenvalue weighted by Crippen LogP contribution is 2.29. The van der Waals surface area contributed by atoms with Gasteiger partial charge in [0.2, 0.25) is 0 Å². The summed E-state index contributed by atoms with van der Waals surface area (Å²) >= 11 is 1.37. The summed E-state index contributed by atoms with van der Waals surface area (Å²) in [6.45, 7) is 1.88. The van der Waals surface area contributed by atoms with Crippen LogP contribution in [0.1, 0.15) is 28.3 Å². The number of hydrogen-bond acceptors (Lipinski definition) is 5. The Hall–Kier alpha value is -1.60. The second-order valence-electron chi connectivity index (χ2n) is 5.47. The van der Waals surface area contributed by atoms with Gasteiger partial charge >= 0.3 is 0 Å². The maximum Gasteiger partial charge on any atom is 0.261 e. The number of furan rings is 1. The van der Waals surface area contributed by atoms with Crippen LogP contribution >= 0.6 is 11.3 Å². The molecule has 5 nitrogen and oxygen atoms in total. The number of aryl methyl sites for hydroxylation is 1. The molecule has 1 fully saturated rings. The van der Waals surface area contributed by atoms with Gasteiger partial charge in [0.05, 0.1) is 21.3 Å². The van der Waals surface area contributed by atoms with Crippen molar-refractivity contribution in [2.45, 2.75) is 25.8 Å². The minimum Gasteiger partial charge on any atom is -0.461 e. The molecular formula is C15H17NO4S2. The number of nitrogens with one attached hydrogen (secondary N) is 1. The molecule has 1 aliphatic rings. The number of amides is 1. The number of thiophene rings is 1. The van der Waals surface area contributed by atoms with Crippen molar-refractivity contribution < 1.29 is 17.6 Å². The summed E-state index contributed by atoms with van der Waals surface area (Å²) in [5.74, 6) is 1.74. The van der Waals surface area contributed by atoms with Gasteiger partial charge in [-0.05, 0) is 44.0 Å². The van der Waals surface area contributed by atoms with Gasteiger partial charge < -0.3 is 9.73 Å². The fourth-order valence-electron chi connectivity index (χ4n) is 2.45. The first-order chi connectivity index (χ1) is 10.4. The average Bonchev–Trinajstić information content (AvgIpc) is 3.09. The minimum absolute atomic E-state index is 0.0626. The Bertz CT molecular complexity index is 774. The van der Waals surface area contributed by atoms with E-state index in [0.717, 1.165) is 16.4 Å². The number of sulfone groups is 1. The van der Waals surface area contributed by atoms with E-state index in [1.54, 1.807) is 6.07 Å². The van der Waals surface area contributed by atoms with Crippen LogP contribution in [0.3, 0.4) is 0 Å². The van der Waals surface area contributed by atoms with Crippen molar-refractivity contribution in [3.8, 4) is 10.6 Å². The zero-order chi connectivity index (χ0) is 15.7. The first kappa shape index (κ1) is 15.3. The monoisotopic (exact) mass is 339 g/mol. The highest BCUT2D eigenvalue weighted by molar-refractivity contribution is 7.91. The van der Waals surface area contributed by atoms with E-state index in [9.17, 15) is 13.2 Å². The number of carbonyl (C=O) groups is 1. The van der Waals surface area contributed by atoms with Crippen molar-refractivity contribution in [2.75, 3.05) is 11.5 Å². The van der Waals surface area contributed by atoms with E-state index in [-0.39, 0.29) is 23.5 Å². The molecule has 2 aromatic heterocycles. The predicted molar refractivity (Wildman–Crippen MR) is 85.9 cm³/mol. The largest absolute Gasteiger partial charge is 0.461 e. The molecule has 0 spiro atoms. The normalized spacial score (nSPS) is 18.2. The molecule has 0 saturated carbocycles. The maximum absolute atomic E-state index is 12.2. The van der Waals surface area contributed by atoms with Gasteiger partial charge in [-0.2, -0.15) is 0 Å². The third kappa shape index (κ3) is 3.41. The van der Waals surface area contributed by atoms with E-state index in [1.165, 1.54) is 11.3 Å². The molecule has 1 N–H and O–H groups in total. The van der Waals surface area contributed by atoms with Crippen LogP contribution in [0, 0.1) is 6.92 Å². The maximum atomic E-state index is 12.2. The van der Waals surface area contributed by atoms with Gasteiger partial charge in [0.15, 0.2) is 0 Å². The van der Waals surface area contributed by atoms with Gasteiger partial charge in [-0.15, -0.1) is 11.3 Å². The molecule has 0 unspecified atom stereocenters. The molecule has 1 amide bonds. The van der Waals surface area contributed by atoms with Crippen molar-refractivity contribution in [1.29, 1.82) is 0 Å². The molecule has 0 aromatic carbocycles. The molecule has 3 rings (SSSR count). The Kier molecular flexibility index (Phi) is 4.10. The smallest absolute Gasteiger partial charge is 0.261 e. The lowest BCUT2D eigenvalue weighted by Gasteiger charge is -2.22. The van der Waals surface area contributed by atoms with Crippen LogP contribution in [0.5, 0.6) is 0 Å². The molecule has 118 valence electrons. The summed E-state index contributed by atoms with van der Waals surface area (Å²) in [7, 11) is -2.91. The molecule has 0 radical (unpaired) electrons. The van der Waals surface area contributed by atoms with Gasteiger partial charge in [-0.25, -0.2) is 8.42 Å². The van der Waals surface area contributed by atoms with Crippen molar-refractivity contribution in [3.05, 3.63) is 34.9 Å². The fraction of sp³-hybridized carbons (Fsp3) is 0.400. The van der Waals surface area contributed by atoms with E-state index in [1.807, 2.05) is 25.1 Å². The first-order valence-electron chi connectivity index (χ1n) is 7.11. The van der Waals surface area contributed by atoms with Crippen LogP contribution in [0.15, 0.2) is 28.7 Å². The van der Waals surface area contributed by atoms with Crippen LogP contribution in [0.2, 0.25) is 0 Å². The van der Waals surface area contributed by atoms with E-state index < -0.39 is 9.84 Å². The number of rotatable bonds is 3. The highest BCUT2D eigenvalue weighted by Gasteiger charge is 2.25. The Labute approximate surface area is 133 Å². The van der Waals surface area contributed by atoms with Gasteiger partial charge in [-0.1, -0.05) is 0 Å². The quantitative estimate of drug-likeness (QED) is 0.932. The summed E-state index contributed by atoms with van der Waals surface area (Å²) < 4.78 is 28.3. The van der Waals surface area contributed by atoms with Crippen molar-refractivity contribution in [3.63, 3.8) is 0 Å². The highest BCUT2D eigenvalue weighted by atomic mass is 32.2. The zero-order valence-corrected chi connectivity index (χ0v) is 13.8. The number of carbonyl (C=O) groups excluding carboxylic acids is 1. The molecular weight excluding hydrogens is 322 g/mol. The summed E-state index contributed by atoms with van der Waals surface area (Å²) in [4.78, 5) is 13.8. The Morgan fingerprint density at radius 1 is 1.23 bits per heavy atom. The molecule has 22 heavy (non-hydrogen) atoms. The van der Waals surface area contributed by atoms with E-state index in [2.05, 4.69) is 5.32 Å². The predicted octanol–water partition coefficient (Wildman–Crippen LogP) is 2.62. The Balaban J connectivity index is 1.65. The van der Waals surface area contributed by atoms with Crippen LogP contribution in [-0.2, 0) is 9.84 Å². The molecule has 7 heteroatoms. The second-order valence-corrected chi connectivity index (χ2v) is 8.86. The summed E-state index contributed by atoms with van der Waals surface area (Å²) in [5.41, 5.74) is 0. The Morgan fingerprint density at radius 3 is 2.59 bits per heavy atom. The lowest BCUT2D eigenvalue weighted by molar-refractivity contribution is 0.0938. The van der Waals surface area contributed by atoms with Gasteiger partial charge in [0.25, 0.3) is 5.91 Å². The molecule has 1 saturated heterocycles. The van der Waals surface area contributed by atoms with E-state index >= 15 is 0 Å². The SMILES string of the molecule is Cc1ccc(-c2ccc(C(=O)NC3CCS(=O)(=O)CC3)s2)o1. The molecule has 0 bridgehead atoms.